The summed E-state index contributed by atoms with van der Waals surface area (Å²) in [6.45, 7) is 4.70. The van der Waals surface area contributed by atoms with Crippen molar-refractivity contribution in [2.24, 2.45) is 11.7 Å². The summed E-state index contributed by atoms with van der Waals surface area (Å²) in [5.41, 5.74) is 7.16. The summed E-state index contributed by atoms with van der Waals surface area (Å²) in [6, 6.07) is 7.33. The van der Waals surface area contributed by atoms with Crippen LogP contribution in [0.5, 0.6) is 0 Å². The molecule has 0 aliphatic carbocycles. The molecule has 0 bridgehead atoms. The van der Waals surface area contributed by atoms with Gasteiger partial charge in [0.2, 0.25) is 11.8 Å². The van der Waals surface area contributed by atoms with Crippen LogP contribution in [0.4, 0.5) is 5.69 Å². The Hall–Kier alpha value is -1.88. The van der Waals surface area contributed by atoms with E-state index in [1.54, 1.807) is 0 Å². The zero-order chi connectivity index (χ0) is 14.7. The number of primary amides is 1. The molecule has 0 saturated carbocycles. The predicted octanol–water partition coefficient (Wildman–Crippen LogP) is 1.34. The summed E-state index contributed by atoms with van der Waals surface area (Å²) in [4.78, 5) is 25.6. The summed E-state index contributed by atoms with van der Waals surface area (Å²) in [5, 5.41) is 2.96. The molecule has 2 atom stereocenters. The third-order valence-corrected chi connectivity index (χ3v) is 3.85. The van der Waals surface area contributed by atoms with Crippen molar-refractivity contribution in [3.05, 3.63) is 29.8 Å². The lowest BCUT2D eigenvalue weighted by molar-refractivity contribution is -0.126. The zero-order valence-corrected chi connectivity index (χ0v) is 11.9. The van der Waals surface area contributed by atoms with E-state index in [-0.39, 0.29) is 24.4 Å². The molecule has 0 fully saturated rings. The molecule has 5 heteroatoms. The molecule has 2 rings (SSSR count). The molecule has 5 nitrogen and oxygen atoms in total. The smallest absolute Gasteiger partial charge is 0.242 e. The lowest BCUT2D eigenvalue weighted by Crippen LogP contribution is -2.48. The number of fused-ring (bicyclic) bond motifs is 1. The number of hydrogen-bond acceptors (Lipinski definition) is 3. The molecule has 1 aromatic carbocycles. The number of rotatable bonds is 4. The Balaban J connectivity index is 2.37. The van der Waals surface area contributed by atoms with Gasteiger partial charge in [-0.2, -0.15) is 0 Å². The lowest BCUT2D eigenvalue weighted by atomic mass is 9.96. The van der Waals surface area contributed by atoms with Gasteiger partial charge in [0.1, 0.15) is 0 Å². The quantitative estimate of drug-likeness (QED) is 0.870. The first-order valence-electron chi connectivity index (χ1n) is 6.94. The maximum Gasteiger partial charge on any atom is 0.242 e. The first-order valence-corrected chi connectivity index (χ1v) is 6.94. The van der Waals surface area contributed by atoms with E-state index < -0.39 is 5.91 Å². The lowest BCUT2D eigenvalue weighted by Gasteiger charge is -2.31. The number of hydrogen-bond donors (Lipinski definition) is 2. The van der Waals surface area contributed by atoms with Gasteiger partial charge in [-0.1, -0.05) is 38.5 Å². The van der Waals surface area contributed by atoms with Gasteiger partial charge in [0, 0.05) is 12.2 Å². The van der Waals surface area contributed by atoms with Crippen molar-refractivity contribution in [2.75, 3.05) is 11.9 Å². The number of carbonyl (C=O) groups excluding carboxylic acids is 2. The molecule has 0 spiro atoms. The highest BCUT2D eigenvalue weighted by Crippen LogP contribution is 2.26. The molecule has 1 aliphatic heterocycles. The van der Waals surface area contributed by atoms with Gasteiger partial charge in [-0.3, -0.25) is 14.5 Å². The fourth-order valence-electron chi connectivity index (χ4n) is 2.67. The largest absolute Gasteiger partial charge is 0.369 e. The minimum atomic E-state index is -0.412. The maximum absolute atomic E-state index is 12.5. The van der Waals surface area contributed by atoms with Crippen LogP contribution in [0.25, 0.3) is 0 Å². The van der Waals surface area contributed by atoms with Crippen molar-refractivity contribution in [1.82, 2.24) is 4.90 Å². The van der Waals surface area contributed by atoms with E-state index in [0.29, 0.717) is 6.54 Å². The van der Waals surface area contributed by atoms with E-state index in [4.69, 9.17) is 5.73 Å². The van der Waals surface area contributed by atoms with Gasteiger partial charge >= 0.3 is 0 Å². The Morgan fingerprint density at radius 3 is 2.85 bits per heavy atom. The van der Waals surface area contributed by atoms with Crippen molar-refractivity contribution in [1.29, 1.82) is 0 Å². The van der Waals surface area contributed by atoms with Crippen molar-refractivity contribution in [2.45, 2.75) is 32.9 Å². The van der Waals surface area contributed by atoms with Crippen LogP contribution < -0.4 is 11.1 Å². The molecule has 3 N–H and O–H groups in total. The number of anilines is 1. The van der Waals surface area contributed by atoms with Crippen LogP contribution >= 0.6 is 0 Å². The summed E-state index contributed by atoms with van der Waals surface area (Å²) in [6.07, 6.45) is 0.865. The number of amides is 2. The van der Waals surface area contributed by atoms with Gasteiger partial charge in [-0.15, -0.1) is 0 Å². The van der Waals surface area contributed by atoms with E-state index in [1.807, 2.05) is 43.0 Å². The standard InChI is InChI=1S/C15H21N3O2/c1-3-10(2)14-15(20)17-12-7-5-4-6-11(12)8-18(14)9-13(16)19/h4-7,10,14H,3,8-9H2,1-2H3,(H2,16,19)(H,17,20). The molecule has 2 unspecified atom stereocenters. The minimum absolute atomic E-state index is 0.0643. The summed E-state index contributed by atoms with van der Waals surface area (Å²) >= 11 is 0. The van der Waals surface area contributed by atoms with Gasteiger partial charge in [0.25, 0.3) is 0 Å². The second-order valence-corrected chi connectivity index (χ2v) is 5.35. The molecule has 20 heavy (non-hydrogen) atoms. The van der Waals surface area contributed by atoms with Crippen LogP contribution in [0.3, 0.4) is 0 Å². The second kappa shape index (κ2) is 6.05. The molecule has 108 valence electrons. The van der Waals surface area contributed by atoms with Crippen molar-refractivity contribution in [3.63, 3.8) is 0 Å². The molecule has 2 amide bonds. The highest BCUT2D eigenvalue weighted by atomic mass is 16.2. The van der Waals surface area contributed by atoms with Gasteiger partial charge in [-0.05, 0) is 17.5 Å². The Morgan fingerprint density at radius 1 is 1.50 bits per heavy atom. The highest BCUT2D eigenvalue weighted by molar-refractivity contribution is 5.96. The topological polar surface area (TPSA) is 75.4 Å². The minimum Gasteiger partial charge on any atom is -0.369 e. The summed E-state index contributed by atoms with van der Waals surface area (Å²) in [7, 11) is 0. The molecular weight excluding hydrogens is 254 g/mol. The molecular formula is C15H21N3O2. The number of nitrogens with zero attached hydrogens (tertiary/aromatic N) is 1. The Bertz CT molecular complexity index is 516. The average Bonchev–Trinajstić information content (AvgIpc) is 2.52. The third kappa shape index (κ3) is 2.99. The fraction of sp³-hybridized carbons (Fsp3) is 0.467. The molecule has 0 radical (unpaired) electrons. The van der Waals surface area contributed by atoms with Crippen molar-refractivity contribution >= 4 is 17.5 Å². The number of nitrogens with two attached hydrogens (primary N) is 1. The fourth-order valence-corrected chi connectivity index (χ4v) is 2.67. The van der Waals surface area contributed by atoms with Gasteiger partial charge in [0.15, 0.2) is 0 Å². The normalized spacial score (nSPS) is 20.7. The SMILES string of the molecule is CCC(C)C1C(=O)Nc2ccccc2CN1CC(N)=O. The number of benzene rings is 1. The van der Waals surface area contributed by atoms with Crippen LogP contribution in [0.15, 0.2) is 24.3 Å². The summed E-state index contributed by atoms with van der Waals surface area (Å²) in [5.74, 6) is -0.320. The highest BCUT2D eigenvalue weighted by Gasteiger charge is 2.34. The average molecular weight is 275 g/mol. The van der Waals surface area contributed by atoms with Crippen LogP contribution in [-0.2, 0) is 16.1 Å². The van der Waals surface area contributed by atoms with Crippen LogP contribution in [0.1, 0.15) is 25.8 Å². The van der Waals surface area contributed by atoms with Crippen LogP contribution in [0, 0.1) is 5.92 Å². The van der Waals surface area contributed by atoms with Crippen LogP contribution in [-0.4, -0.2) is 29.3 Å². The van der Waals surface area contributed by atoms with Crippen LogP contribution in [0.2, 0.25) is 0 Å². The zero-order valence-electron chi connectivity index (χ0n) is 11.9. The molecule has 1 aromatic rings. The van der Waals surface area contributed by atoms with Gasteiger partial charge < -0.3 is 11.1 Å². The summed E-state index contributed by atoms with van der Waals surface area (Å²) < 4.78 is 0. The Morgan fingerprint density at radius 2 is 2.20 bits per heavy atom. The van der Waals surface area contributed by atoms with E-state index in [9.17, 15) is 9.59 Å². The van der Waals surface area contributed by atoms with E-state index in [2.05, 4.69) is 5.32 Å². The van der Waals surface area contributed by atoms with Gasteiger partial charge in [-0.25, -0.2) is 0 Å². The van der Waals surface area contributed by atoms with Gasteiger partial charge in [0.05, 0.1) is 12.6 Å². The molecule has 0 aromatic heterocycles. The number of carbonyl (C=O) groups is 2. The van der Waals surface area contributed by atoms with Crippen molar-refractivity contribution in [3.8, 4) is 0 Å². The molecule has 1 heterocycles. The monoisotopic (exact) mass is 275 g/mol. The predicted molar refractivity (Wildman–Crippen MR) is 77.9 cm³/mol. The molecule has 1 aliphatic rings. The second-order valence-electron chi connectivity index (χ2n) is 5.35. The maximum atomic E-state index is 12.5. The van der Waals surface area contributed by atoms with E-state index >= 15 is 0 Å². The first kappa shape index (κ1) is 14.5. The Kier molecular flexibility index (Phi) is 4.39. The Labute approximate surface area is 119 Å². The van der Waals surface area contributed by atoms with Crippen molar-refractivity contribution < 1.29 is 9.59 Å². The number of para-hydroxylation sites is 1. The molecule has 0 saturated heterocycles. The number of nitrogens with one attached hydrogen (secondary N) is 1. The first-order chi connectivity index (χ1) is 9.52. The van der Waals surface area contributed by atoms with E-state index in [0.717, 1.165) is 17.7 Å². The third-order valence-electron chi connectivity index (χ3n) is 3.85. The van der Waals surface area contributed by atoms with E-state index in [1.165, 1.54) is 0 Å².